The van der Waals surface area contributed by atoms with Gasteiger partial charge in [0.1, 0.15) is 5.69 Å². The number of anilines is 2. The number of likely N-dealkylation sites (N-methyl/N-ethyl adjacent to an activating group) is 1. The van der Waals surface area contributed by atoms with Gasteiger partial charge in [0.05, 0.1) is 16.2 Å². The Hall–Kier alpha value is -3.89. The molecule has 3 aliphatic heterocycles. The van der Waals surface area contributed by atoms with Crippen LogP contribution in [0.15, 0.2) is 59.5 Å². The van der Waals surface area contributed by atoms with Crippen LogP contribution in [0.2, 0.25) is 0 Å². The molecule has 9 nitrogen and oxygen atoms in total. The molecule has 2 aromatic carbocycles. The number of hydrogen-bond donors (Lipinski definition) is 2. The summed E-state index contributed by atoms with van der Waals surface area (Å²) in [6.07, 6.45) is 2.32. The van der Waals surface area contributed by atoms with Crippen molar-refractivity contribution in [2.75, 3.05) is 49.4 Å². The number of carbonyl (C=O) groups is 2. The van der Waals surface area contributed by atoms with Crippen molar-refractivity contribution in [1.29, 1.82) is 0 Å². The molecule has 0 radical (unpaired) electrons. The number of sulfonamides is 1. The van der Waals surface area contributed by atoms with Crippen LogP contribution in [0.1, 0.15) is 27.3 Å². The van der Waals surface area contributed by atoms with Crippen LogP contribution in [0, 0.1) is 0 Å². The first-order chi connectivity index (χ1) is 17.8. The molecule has 0 aliphatic carbocycles. The zero-order valence-electron chi connectivity index (χ0n) is 20.4. The van der Waals surface area contributed by atoms with Gasteiger partial charge in [0.2, 0.25) is 0 Å². The van der Waals surface area contributed by atoms with Crippen molar-refractivity contribution >= 4 is 44.9 Å². The Morgan fingerprint density at radius 3 is 2.57 bits per heavy atom. The van der Waals surface area contributed by atoms with E-state index in [1.54, 1.807) is 30.3 Å². The summed E-state index contributed by atoms with van der Waals surface area (Å²) in [4.78, 5) is 32.9. The standard InChI is InChI=1S/C27H27N5O4S/c1-30-12-14-31(15-13-30)27(34)24-8-6-19(28-24)16-22-21-17-20(7-9-23(21)29-26(22)33)37(35,36)32-11-10-18-4-2-3-5-25(18)32/h2-9,16-17,28H,10-15H2,1H3,(H,29,33)/b22-16-. The maximum atomic E-state index is 13.5. The number of para-hydroxylation sites is 1. The van der Waals surface area contributed by atoms with Crippen LogP contribution in [0.4, 0.5) is 11.4 Å². The normalized spacial score (nSPS) is 18.7. The van der Waals surface area contributed by atoms with E-state index in [4.69, 9.17) is 0 Å². The number of H-pyrrole nitrogens is 1. The van der Waals surface area contributed by atoms with Crippen LogP contribution in [-0.4, -0.2) is 74.8 Å². The molecule has 0 saturated carbocycles. The van der Waals surface area contributed by atoms with Crippen molar-refractivity contribution < 1.29 is 18.0 Å². The van der Waals surface area contributed by atoms with E-state index in [9.17, 15) is 18.0 Å². The molecule has 3 aromatic rings. The molecule has 0 spiro atoms. The molecule has 3 aliphatic rings. The average molecular weight is 518 g/mol. The lowest BCUT2D eigenvalue weighted by atomic mass is 10.1. The third-order valence-corrected chi connectivity index (χ3v) is 9.05. The summed E-state index contributed by atoms with van der Waals surface area (Å²) in [7, 11) is -1.77. The topological polar surface area (TPSA) is 106 Å². The van der Waals surface area contributed by atoms with Gasteiger partial charge in [-0.05, 0) is 61.5 Å². The fraction of sp³-hybridized carbons (Fsp3) is 0.259. The lowest BCUT2D eigenvalue weighted by molar-refractivity contribution is -0.110. The maximum Gasteiger partial charge on any atom is 0.270 e. The molecule has 2 N–H and O–H groups in total. The number of nitrogens with zero attached hydrogens (tertiary/aromatic N) is 3. The zero-order valence-corrected chi connectivity index (χ0v) is 21.2. The van der Waals surface area contributed by atoms with E-state index in [-0.39, 0.29) is 16.7 Å². The molecular weight excluding hydrogens is 490 g/mol. The number of hydrogen-bond acceptors (Lipinski definition) is 5. The van der Waals surface area contributed by atoms with Crippen molar-refractivity contribution in [3.8, 4) is 0 Å². The lowest BCUT2D eigenvalue weighted by Gasteiger charge is -2.32. The Bertz CT molecular complexity index is 1550. The Morgan fingerprint density at radius 1 is 0.973 bits per heavy atom. The first kappa shape index (κ1) is 23.5. The minimum atomic E-state index is -3.81. The average Bonchev–Trinajstić information content (AvgIpc) is 3.62. The zero-order chi connectivity index (χ0) is 25.7. The Kier molecular flexibility index (Phi) is 5.65. The van der Waals surface area contributed by atoms with Gasteiger partial charge in [0, 0.05) is 49.7 Å². The van der Waals surface area contributed by atoms with Crippen LogP contribution >= 0.6 is 0 Å². The summed E-state index contributed by atoms with van der Waals surface area (Å²) in [5, 5.41) is 2.81. The van der Waals surface area contributed by atoms with Crippen LogP contribution in [0.25, 0.3) is 11.6 Å². The van der Waals surface area contributed by atoms with Crippen LogP contribution < -0.4 is 9.62 Å². The highest BCUT2D eigenvalue weighted by Gasteiger charge is 2.33. The second kappa shape index (κ2) is 8.89. The number of carbonyl (C=O) groups excluding carboxylic acids is 2. The fourth-order valence-electron chi connectivity index (χ4n) is 5.11. The summed E-state index contributed by atoms with van der Waals surface area (Å²) in [5.74, 6) is -0.397. The van der Waals surface area contributed by atoms with E-state index < -0.39 is 10.0 Å². The lowest BCUT2D eigenvalue weighted by Crippen LogP contribution is -2.47. The summed E-state index contributed by atoms with van der Waals surface area (Å²) in [5.41, 5.74) is 4.15. The molecule has 190 valence electrons. The van der Waals surface area contributed by atoms with Crippen molar-refractivity contribution in [2.45, 2.75) is 11.3 Å². The van der Waals surface area contributed by atoms with Crippen molar-refractivity contribution in [1.82, 2.24) is 14.8 Å². The molecule has 4 heterocycles. The molecule has 1 aromatic heterocycles. The van der Waals surface area contributed by atoms with Gasteiger partial charge in [-0.15, -0.1) is 0 Å². The molecular formula is C27H27N5O4S. The highest BCUT2D eigenvalue weighted by Crippen LogP contribution is 2.37. The molecule has 0 unspecified atom stereocenters. The second-order valence-electron chi connectivity index (χ2n) is 9.60. The number of rotatable bonds is 4. The number of fused-ring (bicyclic) bond motifs is 2. The van der Waals surface area contributed by atoms with E-state index >= 15 is 0 Å². The monoisotopic (exact) mass is 517 g/mol. The molecule has 2 amide bonds. The second-order valence-corrected chi connectivity index (χ2v) is 11.5. The molecule has 0 atom stereocenters. The minimum absolute atomic E-state index is 0.0757. The third-order valence-electron chi connectivity index (χ3n) is 7.24. The SMILES string of the molecule is CN1CCN(C(=O)c2ccc(/C=C3\C(=O)Nc4ccc(S(=O)(=O)N5CCc6ccccc65)cc43)[nH]2)CC1. The molecule has 6 rings (SSSR count). The van der Waals surface area contributed by atoms with Gasteiger partial charge in [-0.25, -0.2) is 8.42 Å². The number of piperazine rings is 1. The highest BCUT2D eigenvalue weighted by atomic mass is 32.2. The van der Waals surface area contributed by atoms with E-state index in [1.807, 2.05) is 36.2 Å². The van der Waals surface area contributed by atoms with E-state index in [0.29, 0.717) is 60.0 Å². The van der Waals surface area contributed by atoms with E-state index in [0.717, 1.165) is 18.7 Å². The van der Waals surface area contributed by atoms with Crippen LogP contribution in [-0.2, 0) is 21.2 Å². The predicted molar refractivity (Wildman–Crippen MR) is 142 cm³/mol. The van der Waals surface area contributed by atoms with Crippen molar-refractivity contribution in [3.05, 3.63) is 77.1 Å². The number of benzene rings is 2. The molecule has 10 heteroatoms. The number of aromatic amines is 1. The Balaban J connectivity index is 1.29. The molecule has 1 fully saturated rings. The Labute approximate surface area is 215 Å². The number of aromatic nitrogens is 1. The largest absolute Gasteiger partial charge is 0.351 e. The quantitative estimate of drug-likeness (QED) is 0.518. The maximum absolute atomic E-state index is 13.5. The van der Waals surface area contributed by atoms with Gasteiger partial charge in [-0.2, -0.15) is 0 Å². The first-order valence-electron chi connectivity index (χ1n) is 12.3. The smallest absolute Gasteiger partial charge is 0.270 e. The minimum Gasteiger partial charge on any atom is -0.351 e. The van der Waals surface area contributed by atoms with Crippen molar-refractivity contribution in [2.24, 2.45) is 0 Å². The van der Waals surface area contributed by atoms with Crippen molar-refractivity contribution in [3.63, 3.8) is 0 Å². The Morgan fingerprint density at radius 2 is 1.76 bits per heavy atom. The van der Waals surface area contributed by atoms with Gasteiger partial charge < -0.3 is 20.1 Å². The summed E-state index contributed by atoms with van der Waals surface area (Å²) in [6, 6.07) is 15.7. The van der Waals surface area contributed by atoms with E-state index in [1.165, 1.54) is 10.4 Å². The van der Waals surface area contributed by atoms with Gasteiger partial charge in [0.25, 0.3) is 21.8 Å². The number of amides is 2. The van der Waals surface area contributed by atoms with Gasteiger partial charge in [0.15, 0.2) is 0 Å². The van der Waals surface area contributed by atoms with Crippen LogP contribution in [0.5, 0.6) is 0 Å². The van der Waals surface area contributed by atoms with Gasteiger partial charge in [-0.1, -0.05) is 18.2 Å². The molecule has 1 saturated heterocycles. The molecule has 37 heavy (non-hydrogen) atoms. The predicted octanol–water partition coefficient (Wildman–Crippen LogP) is 2.65. The highest BCUT2D eigenvalue weighted by molar-refractivity contribution is 7.92. The summed E-state index contributed by atoms with van der Waals surface area (Å²) >= 11 is 0. The van der Waals surface area contributed by atoms with Crippen LogP contribution in [0.3, 0.4) is 0 Å². The summed E-state index contributed by atoms with van der Waals surface area (Å²) in [6.45, 7) is 3.37. The van der Waals surface area contributed by atoms with Gasteiger partial charge >= 0.3 is 0 Å². The summed E-state index contributed by atoms with van der Waals surface area (Å²) < 4.78 is 28.5. The number of nitrogens with one attached hydrogen (secondary N) is 2. The first-order valence-corrected chi connectivity index (χ1v) is 13.7. The van der Waals surface area contributed by atoms with Gasteiger partial charge in [-0.3, -0.25) is 13.9 Å². The third kappa shape index (κ3) is 4.11. The molecule has 0 bridgehead atoms. The van der Waals surface area contributed by atoms with E-state index in [2.05, 4.69) is 15.2 Å². The fourth-order valence-corrected chi connectivity index (χ4v) is 6.64.